The molecule has 3 atom stereocenters. The van der Waals surface area contributed by atoms with Gasteiger partial charge in [0.25, 0.3) is 0 Å². The topological polar surface area (TPSA) is 55.8 Å². The number of esters is 1. The first kappa shape index (κ1) is 16.2. The van der Waals surface area contributed by atoms with Crippen LogP contribution in [-0.4, -0.2) is 35.5 Å². The molecule has 0 aromatic carbocycles. The molecule has 4 nitrogen and oxygen atoms in total. The van der Waals surface area contributed by atoms with Gasteiger partial charge < -0.3 is 14.6 Å². The highest BCUT2D eigenvalue weighted by Crippen LogP contribution is 2.51. The second-order valence-electron chi connectivity index (χ2n) is 6.94. The van der Waals surface area contributed by atoms with Crippen LogP contribution >= 0.6 is 0 Å². The Balaban J connectivity index is 2.24. The molecule has 0 aromatic heterocycles. The molecule has 1 N–H and O–H groups in total. The summed E-state index contributed by atoms with van der Waals surface area (Å²) < 4.78 is 11.1. The number of rotatable bonds is 3. The van der Waals surface area contributed by atoms with Crippen molar-refractivity contribution in [2.45, 2.75) is 65.3 Å². The van der Waals surface area contributed by atoms with Crippen LogP contribution in [0.2, 0.25) is 0 Å². The zero-order valence-electron chi connectivity index (χ0n) is 13.6. The molecule has 0 spiro atoms. The van der Waals surface area contributed by atoms with Crippen LogP contribution in [0.1, 0.15) is 47.5 Å². The molecule has 1 saturated carbocycles. The maximum atomic E-state index is 11.6. The van der Waals surface area contributed by atoms with Gasteiger partial charge in [0, 0.05) is 12.5 Å². The number of ether oxygens (including phenoxy) is 2. The summed E-state index contributed by atoms with van der Waals surface area (Å²) in [5.74, 6) is -0.337. The minimum atomic E-state index is -0.449. The molecular formula is C17H26O4. The van der Waals surface area contributed by atoms with Crippen LogP contribution in [0.4, 0.5) is 0 Å². The van der Waals surface area contributed by atoms with Crippen molar-refractivity contribution in [3.05, 3.63) is 23.3 Å². The van der Waals surface area contributed by atoms with Crippen LogP contribution in [0.25, 0.3) is 0 Å². The van der Waals surface area contributed by atoms with Crippen molar-refractivity contribution in [2.75, 3.05) is 6.61 Å². The molecule has 1 aliphatic heterocycles. The summed E-state index contributed by atoms with van der Waals surface area (Å²) in [7, 11) is 0. The Morgan fingerprint density at radius 1 is 1.48 bits per heavy atom. The van der Waals surface area contributed by atoms with E-state index in [1.54, 1.807) is 6.92 Å². The fourth-order valence-corrected chi connectivity index (χ4v) is 3.70. The summed E-state index contributed by atoms with van der Waals surface area (Å²) in [6, 6.07) is 0. The molecule has 0 bridgehead atoms. The number of fused-ring (bicyclic) bond motifs is 1. The number of hydrogen-bond acceptors (Lipinski definition) is 4. The molecule has 1 aliphatic carbocycles. The largest absolute Gasteiger partial charge is 0.463 e. The quantitative estimate of drug-likeness (QED) is 0.494. The average molecular weight is 294 g/mol. The van der Waals surface area contributed by atoms with Gasteiger partial charge in [0.2, 0.25) is 0 Å². The molecule has 0 unspecified atom stereocenters. The van der Waals surface area contributed by atoms with E-state index in [-0.39, 0.29) is 23.6 Å². The van der Waals surface area contributed by atoms with Gasteiger partial charge in [-0.2, -0.15) is 0 Å². The molecule has 0 aromatic rings. The summed E-state index contributed by atoms with van der Waals surface area (Å²) in [6.45, 7) is 10.3. The summed E-state index contributed by atoms with van der Waals surface area (Å²) in [5, 5.41) is 10.1. The summed E-state index contributed by atoms with van der Waals surface area (Å²) in [5.41, 5.74) is 1.52. The van der Waals surface area contributed by atoms with Crippen molar-refractivity contribution in [1.29, 1.82) is 0 Å². The number of carbonyl (C=O) groups is 1. The van der Waals surface area contributed by atoms with Crippen molar-refractivity contribution in [3.8, 4) is 0 Å². The standard InChI is InChI=1S/C17H26O4/c1-6-20-15(19)7-11(2)13-8-14-16(3,4)9-12(18)10-17(14,5)21-13/h7-8,12-13,18H,6,9-10H2,1-5H3/b11-7+/t12-,13+,17+/m0/s1. The highest BCUT2D eigenvalue weighted by Gasteiger charge is 2.50. The van der Waals surface area contributed by atoms with Crippen molar-refractivity contribution in [1.82, 2.24) is 0 Å². The lowest BCUT2D eigenvalue weighted by Crippen LogP contribution is -2.45. The Labute approximate surface area is 126 Å². The number of hydrogen-bond donors (Lipinski definition) is 1. The minimum Gasteiger partial charge on any atom is -0.463 e. The molecule has 0 amide bonds. The predicted octanol–water partition coefficient (Wildman–Crippen LogP) is 2.76. The predicted molar refractivity (Wildman–Crippen MR) is 80.8 cm³/mol. The number of carbonyl (C=O) groups excluding carboxylic acids is 1. The van der Waals surface area contributed by atoms with Crippen molar-refractivity contribution in [2.24, 2.45) is 5.41 Å². The van der Waals surface area contributed by atoms with Gasteiger partial charge in [-0.25, -0.2) is 4.79 Å². The van der Waals surface area contributed by atoms with Gasteiger partial charge in [0.05, 0.1) is 24.4 Å². The van der Waals surface area contributed by atoms with E-state index in [1.807, 2.05) is 13.8 Å². The van der Waals surface area contributed by atoms with Crippen molar-refractivity contribution < 1.29 is 19.4 Å². The fourth-order valence-electron chi connectivity index (χ4n) is 3.70. The molecular weight excluding hydrogens is 268 g/mol. The van der Waals surface area contributed by atoms with Gasteiger partial charge >= 0.3 is 5.97 Å². The molecule has 2 aliphatic rings. The summed E-state index contributed by atoms with van der Waals surface area (Å²) in [6.07, 6.45) is 4.37. The maximum absolute atomic E-state index is 11.6. The Kier molecular flexibility index (Phi) is 4.31. The molecule has 4 heteroatoms. The summed E-state index contributed by atoms with van der Waals surface area (Å²) >= 11 is 0. The average Bonchev–Trinajstić information content (AvgIpc) is 2.66. The zero-order valence-corrected chi connectivity index (χ0v) is 13.6. The zero-order chi connectivity index (χ0) is 15.8. The van der Waals surface area contributed by atoms with Crippen LogP contribution in [-0.2, 0) is 14.3 Å². The van der Waals surface area contributed by atoms with Gasteiger partial charge in [-0.1, -0.05) is 13.8 Å². The minimum absolute atomic E-state index is 0.0919. The Bertz CT molecular complexity index is 489. The maximum Gasteiger partial charge on any atom is 0.330 e. The Morgan fingerprint density at radius 3 is 2.76 bits per heavy atom. The van der Waals surface area contributed by atoms with E-state index < -0.39 is 5.60 Å². The normalized spacial score (nSPS) is 35.1. The lowest BCUT2D eigenvalue weighted by molar-refractivity contribution is -0.137. The highest BCUT2D eigenvalue weighted by atomic mass is 16.5. The van der Waals surface area contributed by atoms with E-state index in [2.05, 4.69) is 19.9 Å². The van der Waals surface area contributed by atoms with E-state index in [1.165, 1.54) is 11.6 Å². The van der Waals surface area contributed by atoms with Crippen molar-refractivity contribution >= 4 is 5.97 Å². The van der Waals surface area contributed by atoms with Gasteiger partial charge in [0.1, 0.15) is 0 Å². The van der Waals surface area contributed by atoms with E-state index >= 15 is 0 Å². The third-order valence-corrected chi connectivity index (χ3v) is 4.46. The van der Waals surface area contributed by atoms with Crippen LogP contribution in [0, 0.1) is 5.41 Å². The smallest absolute Gasteiger partial charge is 0.330 e. The molecule has 2 rings (SSSR count). The first-order chi connectivity index (χ1) is 9.68. The van der Waals surface area contributed by atoms with Gasteiger partial charge in [-0.3, -0.25) is 0 Å². The summed E-state index contributed by atoms with van der Waals surface area (Å²) in [4.78, 5) is 11.6. The third-order valence-electron chi connectivity index (χ3n) is 4.46. The van der Waals surface area contributed by atoms with E-state index in [9.17, 15) is 9.90 Å². The second kappa shape index (κ2) is 5.58. The van der Waals surface area contributed by atoms with Crippen LogP contribution in [0.15, 0.2) is 23.3 Å². The molecule has 1 heterocycles. The Hall–Kier alpha value is -1.13. The monoisotopic (exact) mass is 294 g/mol. The third kappa shape index (κ3) is 3.22. The van der Waals surface area contributed by atoms with Gasteiger partial charge in [-0.15, -0.1) is 0 Å². The number of aliphatic hydroxyl groups is 1. The van der Waals surface area contributed by atoms with Crippen LogP contribution < -0.4 is 0 Å². The number of aliphatic hydroxyl groups excluding tert-OH is 1. The van der Waals surface area contributed by atoms with E-state index in [4.69, 9.17) is 9.47 Å². The lowest BCUT2D eigenvalue weighted by atomic mass is 9.65. The SMILES string of the molecule is CCOC(=O)/C=C(\C)[C@H]1C=C2C(C)(C)C[C@H](O)C[C@@]2(C)O1. The molecule has 1 fully saturated rings. The van der Waals surface area contributed by atoms with Crippen molar-refractivity contribution in [3.63, 3.8) is 0 Å². The van der Waals surface area contributed by atoms with Crippen LogP contribution in [0.5, 0.6) is 0 Å². The van der Waals surface area contributed by atoms with E-state index in [0.29, 0.717) is 13.0 Å². The van der Waals surface area contributed by atoms with Crippen LogP contribution in [0.3, 0.4) is 0 Å². The molecule has 21 heavy (non-hydrogen) atoms. The Morgan fingerprint density at radius 2 is 2.14 bits per heavy atom. The lowest BCUT2D eigenvalue weighted by Gasteiger charge is -2.44. The first-order valence-corrected chi connectivity index (χ1v) is 7.61. The first-order valence-electron chi connectivity index (χ1n) is 7.61. The molecule has 0 radical (unpaired) electrons. The second-order valence-corrected chi connectivity index (χ2v) is 6.94. The van der Waals surface area contributed by atoms with Gasteiger partial charge in [-0.05, 0) is 49.8 Å². The molecule has 0 saturated heterocycles. The van der Waals surface area contributed by atoms with Gasteiger partial charge in [0.15, 0.2) is 0 Å². The van der Waals surface area contributed by atoms with E-state index in [0.717, 1.165) is 12.0 Å². The fraction of sp³-hybridized carbons (Fsp3) is 0.706. The highest BCUT2D eigenvalue weighted by molar-refractivity contribution is 5.83. The molecule has 118 valence electrons.